The number of nitrogens with one attached hydrogen (secondary N) is 1. The van der Waals surface area contributed by atoms with Crippen LogP contribution in [0, 0.1) is 6.92 Å². The Morgan fingerprint density at radius 1 is 1.24 bits per heavy atom. The van der Waals surface area contributed by atoms with Gasteiger partial charge in [-0.25, -0.2) is 0 Å². The van der Waals surface area contributed by atoms with E-state index in [1.165, 1.54) is 20.9 Å². The van der Waals surface area contributed by atoms with Gasteiger partial charge in [0.05, 0.1) is 6.04 Å². The molecular weight excluding hydrogens is 226 g/mol. The molecule has 17 heavy (non-hydrogen) atoms. The molecular formula is C15H19NS. The maximum Gasteiger partial charge on any atom is 0.0668 e. The zero-order valence-electron chi connectivity index (χ0n) is 10.7. The van der Waals surface area contributed by atoms with Crippen molar-refractivity contribution in [2.75, 3.05) is 7.05 Å². The minimum absolute atomic E-state index is 0.320. The van der Waals surface area contributed by atoms with E-state index in [9.17, 15) is 0 Å². The molecule has 1 unspecified atom stereocenters. The van der Waals surface area contributed by atoms with Gasteiger partial charge in [-0.2, -0.15) is 0 Å². The van der Waals surface area contributed by atoms with Gasteiger partial charge in [0.15, 0.2) is 0 Å². The third-order valence-electron chi connectivity index (χ3n) is 2.98. The molecule has 0 saturated heterocycles. The smallest absolute Gasteiger partial charge is 0.0668 e. The zero-order chi connectivity index (χ0) is 12.3. The summed E-state index contributed by atoms with van der Waals surface area (Å²) in [6.45, 7) is 4.35. The molecule has 0 radical (unpaired) electrons. The summed E-state index contributed by atoms with van der Waals surface area (Å²) in [6.07, 6.45) is 1.12. The Labute approximate surface area is 108 Å². The molecule has 1 nitrogen and oxygen atoms in total. The summed E-state index contributed by atoms with van der Waals surface area (Å²) < 4.78 is 0. The fourth-order valence-electron chi connectivity index (χ4n) is 2.06. The average Bonchev–Trinajstić information content (AvgIpc) is 2.79. The van der Waals surface area contributed by atoms with Crippen LogP contribution in [0.4, 0.5) is 0 Å². The van der Waals surface area contributed by atoms with E-state index in [0.717, 1.165) is 6.42 Å². The van der Waals surface area contributed by atoms with E-state index in [4.69, 9.17) is 0 Å². The van der Waals surface area contributed by atoms with Crippen LogP contribution in [0.2, 0.25) is 0 Å². The van der Waals surface area contributed by atoms with Crippen LogP contribution in [-0.4, -0.2) is 7.05 Å². The van der Waals surface area contributed by atoms with Gasteiger partial charge in [-0.05, 0) is 38.1 Å². The Morgan fingerprint density at radius 2 is 2.06 bits per heavy atom. The molecule has 2 heteroatoms. The SMILES string of the molecule is CCc1ccc(C(NC)c2cccc(C)c2)s1. The standard InChI is InChI=1S/C15H19NS/c1-4-13-8-9-14(17-13)15(16-3)12-7-5-6-11(2)10-12/h5-10,15-16H,4H2,1-3H3. The molecule has 1 heterocycles. The lowest BCUT2D eigenvalue weighted by molar-refractivity contribution is 0.703. The Morgan fingerprint density at radius 3 is 2.65 bits per heavy atom. The Bertz CT molecular complexity index is 487. The van der Waals surface area contributed by atoms with Gasteiger partial charge in [0, 0.05) is 9.75 Å². The molecule has 0 fully saturated rings. The lowest BCUT2D eigenvalue weighted by Gasteiger charge is -2.15. The van der Waals surface area contributed by atoms with E-state index in [1.54, 1.807) is 0 Å². The fraction of sp³-hybridized carbons (Fsp3) is 0.333. The zero-order valence-corrected chi connectivity index (χ0v) is 11.5. The van der Waals surface area contributed by atoms with Crippen LogP contribution in [0.1, 0.15) is 33.8 Å². The van der Waals surface area contributed by atoms with Crippen LogP contribution < -0.4 is 5.32 Å². The second-order valence-corrected chi connectivity index (χ2v) is 5.49. The van der Waals surface area contributed by atoms with Crippen molar-refractivity contribution in [3.05, 3.63) is 57.3 Å². The molecule has 2 rings (SSSR count). The van der Waals surface area contributed by atoms with Crippen molar-refractivity contribution in [2.45, 2.75) is 26.3 Å². The fourth-order valence-corrected chi connectivity index (χ4v) is 3.15. The minimum Gasteiger partial charge on any atom is -0.309 e. The maximum absolute atomic E-state index is 3.41. The third-order valence-corrected chi connectivity index (χ3v) is 4.27. The van der Waals surface area contributed by atoms with E-state index < -0.39 is 0 Å². The lowest BCUT2D eigenvalue weighted by atomic mass is 10.0. The second kappa shape index (κ2) is 5.48. The van der Waals surface area contributed by atoms with Crippen LogP contribution in [0.3, 0.4) is 0 Å². The van der Waals surface area contributed by atoms with Gasteiger partial charge < -0.3 is 5.32 Å². The Kier molecular flexibility index (Phi) is 3.97. The van der Waals surface area contributed by atoms with Gasteiger partial charge in [0.1, 0.15) is 0 Å². The number of hydrogen-bond donors (Lipinski definition) is 1. The van der Waals surface area contributed by atoms with Crippen molar-refractivity contribution in [1.29, 1.82) is 0 Å². The van der Waals surface area contributed by atoms with Gasteiger partial charge in [-0.1, -0.05) is 36.8 Å². The highest BCUT2D eigenvalue weighted by Gasteiger charge is 2.13. The summed E-state index contributed by atoms with van der Waals surface area (Å²) in [6, 6.07) is 13.5. The monoisotopic (exact) mass is 245 g/mol. The van der Waals surface area contributed by atoms with Crippen LogP contribution in [0.25, 0.3) is 0 Å². The van der Waals surface area contributed by atoms with E-state index >= 15 is 0 Å². The van der Waals surface area contributed by atoms with Gasteiger partial charge in [-0.3, -0.25) is 0 Å². The largest absolute Gasteiger partial charge is 0.309 e. The lowest BCUT2D eigenvalue weighted by Crippen LogP contribution is -2.16. The normalized spacial score (nSPS) is 12.6. The van der Waals surface area contributed by atoms with Gasteiger partial charge in [0.2, 0.25) is 0 Å². The molecule has 1 atom stereocenters. The molecule has 0 saturated carbocycles. The van der Waals surface area contributed by atoms with Crippen LogP contribution in [0.5, 0.6) is 0 Å². The van der Waals surface area contributed by atoms with Crippen molar-refractivity contribution in [3.63, 3.8) is 0 Å². The van der Waals surface area contributed by atoms with Crippen LogP contribution in [0.15, 0.2) is 36.4 Å². The first-order chi connectivity index (χ1) is 8.24. The van der Waals surface area contributed by atoms with Crippen molar-refractivity contribution >= 4 is 11.3 Å². The first-order valence-electron chi connectivity index (χ1n) is 6.07. The summed E-state index contributed by atoms with van der Waals surface area (Å²) in [7, 11) is 2.03. The third kappa shape index (κ3) is 2.76. The molecule has 2 aromatic rings. The van der Waals surface area contributed by atoms with Gasteiger partial charge >= 0.3 is 0 Å². The molecule has 0 spiro atoms. The number of hydrogen-bond acceptors (Lipinski definition) is 2. The molecule has 90 valence electrons. The number of aryl methyl sites for hydroxylation is 2. The van der Waals surface area contributed by atoms with E-state index in [2.05, 4.69) is 55.6 Å². The molecule has 0 bridgehead atoms. The Hall–Kier alpha value is -1.12. The second-order valence-electron chi connectivity index (χ2n) is 4.29. The molecule has 0 amide bonds. The topological polar surface area (TPSA) is 12.0 Å². The first-order valence-corrected chi connectivity index (χ1v) is 6.88. The van der Waals surface area contributed by atoms with Crippen molar-refractivity contribution in [2.24, 2.45) is 0 Å². The van der Waals surface area contributed by atoms with Gasteiger partial charge in [0.25, 0.3) is 0 Å². The van der Waals surface area contributed by atoms with E-state index in [0.29, 0.717) is 6.04 Å². The summed E-state index contributed by atoms with van der Waals surface area (Å²) in [5, 5.41) is 3.41. The molecule has 0 aliphatic carbocycles. The molecule has 0 aliphatic heterocycles. The van der Waals surface area contributed by atoms with Gasteiger partial charge in [-0.15, -0.1) is 11.3 Å². The molecule has 1 N–H and O–H groups in total. The maximum atomic E-state index is 3.41. The predicted molar refractivity (Wildman–Crippen MR) is 75.8 cm³/mol. The van der Waals surface area contributed by atoms with Crippen molar-refractivity contribution < 1.29 is 0 Å². The average molecular weight is 245 g/mol. The number of benzene rings is 1. The molecule has 1 aromatic carbocycles. The highest BCUT2D eigenvalue weighted by Crippen LogP contribution is 2.28. The quantitative estimate of drug-likeness (QED) is 0.860. The predicted octanol–water partition coefficient (Wildman–Crippen LogP) is 3.93. The summed E-state index contributed by atoms with van der Waals surface area (Å²) >= 11 is 1.90. The summed E-state index contributed by atoms with van der Waals surface area (Å²) in [5.41, 5.74) is 2.66. The minimum atomic E-state index is 0.320. The number of thiophene rings is 1. The van der Waals surface area contributed by atoms with Crippen LogP contribution in [-0.2, 0) is 6.42 Å². The van der Waals surface area contributed by atoms with E-state index in [-0.39, 0.29) is 0 Å². The van der Waals surface area contributed by atoms with Crippen LogP contribution >= 0.6 is 11.3 Å². The molecule has 1 aromatic heterocycles. The molecule has 0 aliphatic rings. The van der Waals surface area contributed by atoms with Crippen molar-refractivity contribution in [3.8, 4) is 0 Å². The summed E-state index contributed by atoms with van der Waals surface area (Å²) in [4.78, 5) is 2.85. The summed E-state index contributed by atoms with van der Waals surface area (Å²) in [5.74, 6) is 0. The Balaban J connectivity index is 2.33. The number of rotatable bonds is 4. The van der Waals surface area contributed by atoms with Crippen molar-refractivity contribution in [1.82, 2.24) is 5.32 Å². The highest BCUT2D eigenvalue weighted by molar-refractivity contribution is 7.12. The van der Waals surface area contributed by atoms with E-state index in [1.807, 2.05) is 18.4 Å². The first kappa shape index (κ1) is 12.3. The highest BCUT2D eigenvalue weighted by atomic mass is 32.1.